The lowest BCUT2D eigenvalue weighted by Crippen LogP contribution is -2.46. The second-order valence-electron chi connectivity index (χ2n) is 7.13. The standard InChI is InChI=1S/C21H24FN3O/c1-15-20(18-8-7-16(22)13-19(18)21(26)23-15)14-24-9-11-25(12-10-24)17-5-3-2-4-6-17/h2-8,16H,9-14H2,1H3,(H,23,26). The van der Waals surface area contributed by atoms with E-state index in [9.17, 15) is 9.18 Å². The normalized spacial score (nSPS) is 20.2. The topological polar surface area (TPSA) is 39.3 Å². The second-order valence-corrected chi connectivity index (χ2v) is 7.13. The number of nitrogens with one attached hydrogen (secondary N) is 1. The Morgan fingerprint density at radius 1 is 1.15 bits per heavy atom. The van der Waals surface area contributed by atoms with E-state index in [0.717, 1.165) is 49.5 Å². The molecule has 1 fully saturated rings. The van der Waals surface area contributed by atoms with Crippen molar-refractivity contribution in [2.45, 2.75) is 26.1 Å². The number of H-pyrrole nitrogens is 1. The van der Waals surface area contributed by atoms with Crippen molar-refractivity contribution in [3.05, 3.63) is 69.1 Å². The maximum absolute atomic E-state index is 13.7. The minimum atomic E-state index is -1.06. The van der Waals surface area contributed by atoms with Crippen molar-refractivity contribution in [3.63, 3.8) is 0 Å². The van der Waals surface area contributed by atoms with Crippen LogP contribution in [0.4, 0.5) is 10.1 Å². The van der Waals surface area contributed by atoms with E-state index >= 15 is 0 Å². The minimum Gasteiger partial charge on any atom is -0.369 e. The second kappa shape index (κ2) is 7.08. The molecule has 26 heavy (non-hydrogen) atoms. The molecular weight excluding hydrogens is 329 g/mol. The van der Waals surface area contributed by atoms with E-state index in [1.54, 1.807) is 12.2 Å². The summed E-state index contributed by atoms with van der Waals surface area (Å²) in [5.74, 6) is 0. The zero-order valence-electron chi connectivity index (χ0n) is 15.0. The lowest BCUT2D eigenvalue weighted by atomic mass is 9.92. The Hall–Kier alpha value is -2.40. The van der Waals surface area contributed by atoms with Gasteiger partial charge in [0.2, 0.25) is 0 Å². The van der Waals surface area contributed by atoms with E-state index in [2.05, 4.69) is 39.0 Å². The summed E-state index contributed by atoms with van der Waals surface area (Å²) in [6.45, 7) is 6.63. The predicted octanol–water partition coefficient (Wildman–Crippen LogP) is 2.91. The van der Waals surface area contributed by atoms with Crippen molar-refractivity contribution in [3.8, 4) is 0 Å². The van der Waals surface area contributed by atoms with Gasteiger partial charge < -0.3 is 9.88 Å². The number of piperazine rings is 1. The number of para-hydroxylation sites is 1. The van der Waals surface area contributed by atoms with Crippen molar-refractivity contribution in [2.75, 3.05) is 31.1 Å². The number of aromatic nitrogens is 1. The average molecular weight is 353 g/mol. The summed E-state index contributed by atoms with van der Waals surface area (Å²) in [5, 5.41) is 0. The molecule has 0 radical (unpaired) electrons. The lowest BCUT2D eigenvalue weighted by molar-refractivity contribution is 0.248. The van der Waals surface area contributed by atoms with Crippen LogP contribution in [0, 0.1) is 6.92 Å². The summed E-state index contributed by atoms with van der Waals surface area (Å²) in [5.41, 5.74) is 4.63. The van der Waals surface area contributed by atoms with Gasteiger partial charge in [0.25, 0.3) is 5.56 Å². The van der Waals surface area contributed by atoms with Gasteiger partial charge in [-0.15, -0.1) is 0 Å². The average Bonchev–Trinajstić information content (AvgIpc) is 2.66. The number of halogens is 1. The Kier molecular flexibility index (Phi) is 4.64. The number of nitrogens with zero attached hydrogens (tertiary/aromatic N) is 2. The van der Waals surface area contributed by atoms with Crippen LogP contribution in [-0.4, -0.2) is 42.2 Å². The molecule has 1 aromatic heterocycles. The highest BCUT2D eigenvalue weighted by atomic mass is 19.1. The van der Waals surface area contributed by atoms with Gasteiger partial charge in [-0.2, -0.15) is 0 Å². The summed E-state index contributed by atoms with van der Waals surface area (Å²) < 4.78 is 13.7. The molecule has 4 rings (SSSR count). The highest BCUT2D eigenvalue weighted by Crippen LogP contribution is 2.25. The highest BCUT2D eigenvalue weighted by Gasteiger charge is 2.23. The molecule has 0 spiro atoms. The highest BCUT2D eigenvalue weighted by molar-refractivity contribution is 5.61. The Balaban J connectivity index is 1.50. The molecule has 136 valence electrons. The first kappa shape index (κ1) is 17.0. The summed E-state index contributed by atoms with van der Waals surface area (Å²) in [6, 6.07) is 10.5. The van der Waals surface area contributed by atoms with Crippen LogP contribution in [0.2, 0.25) is 0 Å². The number of benzene rings is 1. The molecule has 2 aromatic rings. The largest absolute Gasteiger partial charge is 0.369 e. The number of anilines is 1. The van der Waals surface area contributed by atoms with Crippen molar-refractivity contribution in [2.24, 2.45) is 0 Å². The first-order valence-electron chi connectivity index (χ1n) is 9.21. The van der Waals surface area contributed by atoms with Gasteiger partial charge in [0.1, 0.15) is 6.17 Å². The molecule has 1 N–H and O–H groups in total. The molecule has 1 saturated heterocycles. The summed E-state index contributed by atoms with van der Waals surface area (Å²) >= 11 is 0. The van der Waals surface area contributed by atoms with E-state index in [4.69, 9.17) is 0 Å². The fourth-order valence-electron chi connectivity index (χ4n) is 3.93. The smallest absolute Gasteiger partial charge is 0.252 e. The molecule has 2 aliphatic rings. The van der Waals surface area contributed by atoms with Gasteiger partial charge in [-0.25, -0.2) is 4.39 Å². The van der Waals surface area contributed by atoms with Crippen molar-refractivity contribution in [1.82, 2.24) is 9.88 Å². The van der Waals surface area contributed by atoms with Gasteiger partial charge in [-0.1, -0.05) is 24.3 Å². The number of aryl methyl sites for hydroxylation is 1. The van der Waals surface area contributed by atoms with Gasteiger partial charge in [-0.05, 0) is 36.3 Å². The van der Waals surface area contributed by atoms with E-state index in [-0.39, 0.29) is 12.0 Å². The molecule has 5 heteroatoms. The molecule has 1 aliphatic heterocycles. The minimum absolute atomic E-state index is 0.151. The number of hydrogen-bond donors (Lipinski definition) is 1. The Morgan fingerprint density at radius 2 is 1.88 bits per heavy atom. The first-order valence-corrected chi connectivity index (χ1v) is 9.21. The van der Waals surface area contributed by atoms with E-state index < -0.39 is 6.17 Å². The Morgan fingerprint density at radius 3 is 2.62 bits per heavy atom. The number of allylic oxidation sites excluding steroid dienone is 1. The van der Waals surface area contributed by atoms with E-state index in [0.29, 0.717) is 5.56 Å². The third-order valence-electron chi connectivity index (χ3n) is 5.42. The third kappa shape index (κ3) is 3.31. The molecule has 0 amide bonds. The van der Waals surface area contributed by atoms with Crippen LogP contribution in [0.5, 0.6) is 0 Å². The predicted molar refractivity (Wildman–Crippen MR) is 103 cm³/mol. The first-order chi connectivity index (χ1) is 12.6. The third-order valence-corrected chi connectivity index (χ3v) is 5.42. The molecule has 0 saturated carbocycles. The molecule has 1 aromatic carbocycles. The van der Waals surface area contributed by atoms with Gasteiger partial charge in [0.05, 0.1) is 0 Å². The zero-order chi connectivity index (χ0) is 18.1. The Bertz CT molecular complexity index is 867. The number of fused-ring (bicyclic) bond motifs is 1. The summed E-state index contributed by atoms with van der Waals surface area (Å²) in [6.07, 6.45) is 2.48. The number of pyridine rings is 1. The Labute approximate surface area is 153 Å². The fraction of sp³-hybridized carbons (Fsp3) is 0.381. The monoisotopic (exact) mass is 353 g/mol. The molecule has 1 aliphatic carbocycles. The van der Waals surface area contributed by atoms with Gasteiger partial charge in [0.15, 0.2) is 0 Å². The van der Waals surface area contributed by atoms with Gasteiger partial charge in [0, 0.05) is 56.1 Å². The van der Waals surface area contributed by atoms with Crippen molar-refractivity contribution in [1.29, 1.82) is 0 Å². The van der Waals surface area contributed by atoms with Crippen LogP contribution in [0.1, 0.15) is 22.4 Å². The quantitative estimate of drug-likeness (QED) is 0.922. The number of aromatic amines is 1. The molecule has 1 atom stereocenters. The summed E-state index contributed by atoms with van der Waals surface area (Å²) in [7, 11) is 0. The van der Waals surface area contributed by atoms with Crippen LogP contribution in [0.3, 0.4) is 0 Å². The van der Waals surface area contributed by atoms with Gasteiger partial charge >= 0.3 is 0 Å². The molecule has 2 heterocycles. The SMILES string of the molecule is Cc1[nH]c(=O)c2c(c1CN1CCN(c3ccccc3)CC1)C=CC(F)C2. The molecular formula is C21H24FN3O. The molecule has 0 bridgehead atoms. The number of hydrogen-bond acceptors (Lipinski definition) is 3. The zero-order valence-corrected chi connectivity index (χ0v) is 15.0. The van der Waals surface area contributed by atoms with Gasteiger partial charge in [-0.3, -0.25) is 9.69 Å². The van der Waals surface area contributed by atoms with E-state index in [1.165, 1.54) is 5.69 Å². The maximum Gasteiger partial charge on any atom is 0.252 e. The van der Waals surface area contributed by atoms with Crippen molar-refractivity contribution >= 4 is 11.8 Å². The lowest BCUT2D eigenvalue weighted by Gasteiger charge is -2.36. The van der Waals surface area contributed by atoms with Crippen molar-refractivity contribution < 1.29 is 4.39 Å². The molecule has 1 unspecified atom stereocenters. The van der Waals surface area contributed by atoms with Crippen LogP contribution < -0.4 is 10.5 Å². The number of rotatable bonds is 3. The molecule has 4 nitrogen and oxygen atoms in total. The fourth-order valence-corrected chi connectivity index (χ4v) is 3.93. The summed E-state index contributed by atoms with van der Waals surface area (Å²) in [4.78, 5) is 19.9. The number of alkyl halides is 1. The van der Waals surface area contributed by atoms with Crippen LogP contribution >= 0.6 is 0 Å². The van der Waals surface area contributed by atoms with Crippen LogP contribution in [0.15, 0.2) is 41.2 Å². The maximum atomic E-state index is 13.7. The van der Waals surface area contributed by atoms with Crippen LogP contribution in [-0.2, 0) is 13.0 Å². The van der Waals surface area contributed by atoms with Crippen LogP contribution in [0.25, 0.3) is 6.08 Å². The van der Waals surface area contributed by atoms with E-state index in [1.807, 2.05) is 13.0 Å².